The van der Waals surface area contributed by atoms with Crippen LogP contribution in [-0.2, 0) is 9.53 Å². The maximum atomic E-state index is 10.9. The molecule has 0 aromatic heterocycles. The Bertz CT molecular complexity index is 273. The van der Waals surface area contributed by atoms with Crippen molar-refractivity contribution in [3.05, 3.63) is 11.8 Å². The molecule has 0 aromatic carbocycles. The van der Waals surface area contributed by atoms with Crippen LogP contribution in [-0.4, -0.2) is 25.8 Å². The third-order valence-electron chi connectivity index (χ3n) is 1.14. The Morgan fingerprint density at radius 2 is 2.33 bits per heavy atom. The fourth-order valence-corrected chi connectivity index (χ4v) is 0.588. The van der Waals surface area contributed by atoms with Crippen molar-refractivity contribution in [3.8, 4) is 6.07 Å². The molecule has 64 valence electrons. The van der Waals surface area contributed by atoms with Crippen LogP contribution >= 0.6 is 0 Å². The van der Waals surface area contributed by atoms with Crippen LogP contribution in [0.2, 0.25) is 0 Å². The van der Waals surface area contributed by atoms with Crippen molar-refractivity contribution < 1.29 is 9.53 Å². The molecular formula is C7H9N3O2. The maximum Gasteiger partial charge on any atom is 0.357 e. The molecule has 0 radical (unpaired) electrons. The number of methoxy groups -OCH3 is 1. The van der Waals surface area contributed by atoms with Gasteiger partial charge in [0.1, 0.15) is 11.6 Å². The Balaban J connectivity index is 4.85. The van der Waals surface area contributed by atoms with E-state index in [1.54, 1.807) is 6.07 Å². The molecule has 0 aromatic rings. The zero-order chi connectivity index (χ0) is 9.56. The van der Waals surface area contributed by atoms with Gasteiger partial charge in [-0.05, 0) is 0 Å². The fourth-order valence-electron chi connectivity index (χ4n) is 0.588. The van der Waals surface area contributed by atoms with E-state index in [-0.39, 0.29) is 11.3 Å². The van der Waals surface area contributed by atoms with E-state index in [0.29, 0.717) is 0 Å². The molecule has 0 rings (SSSR count). The topological polar surface area (TPSA) is 88.5 Å². The summed E-state index contributed by atoms with van der Waals surface area (Å²) in [5, 5.41) is 8.49. The largest absolute Gasteiger partial charge is 0.464 e. The third-order valence-corrected chi connectivity index (χ3v) is 1.14. The van der Waals surface area contributed by atoms with Crippen molar-refractivity contribution in [1.82, 2.24) is 0 Å². The average Bonchev–Trinajstić information content (AvgIpc) is 2.12. The van der Waals surface area contributed by atoms with Crippen LogP contribution in [0.1, 0.15) is 0 Å². The van der Waals surface area contributed by atoms with Gasteiger partial charge in [0.15, 0.2) is 5.71 Å². The van der Waals surface area contributed by atoms with Gasteiger partial charge in [-0.2, -0.15) is 5.26 Å². The van der Waals surface area contributed by atoms with Gasteiger partial charge in [-0.1, -0.05) is 0 Å². The standard InChI is InChI=1S/C7H9N3O2/c1-10-6(7(11)12-2)5(3-8)4-9/h3H,8H2,1-2H3/b5-3-,10-6?. The molecule has 0 saturated carbocycles. The van der Waals surface area contributed by atoms with Gasteiger partial charge in [0.25, 0.3) is 0 Å². The zero-order valence-corrected chi connectivity index (χ0v) is 6.87. The normalized spacial score (nSPS) is 12.1. The monoisotopic (exact) mass is 167 g/mol. The summed E-state index contributed by atoms with van der Waals surface area (Å²) in [4.78, 5) is 14.5. The van der Waals surface area contributed by atoms with Gasteiger partial charge in [0.05, 0.1) is 7.11 Å². The smallest absolute Gasteiger partial charge is 0.357 e. The number of nitriles is 1. The molecule has 2 N–H and O–H groups in total. The molecule has 0 bridgehead atoms. The Kier molecular flexibility index (Phi) is 4.16. The van der Waals surface area contributed by atoms with Crippen LogP contribution in [0, 0.1) is 11.3 Å². The second kappa shape index (κ2) is 4.91. The summed E-state index contributed by atoms with van der Waals surface area (Å²) in [5.74, 6) is -0.671. The van der Waals surface area contributed by atoms with Gasteiger partial charge >= 0.3 is 5.97 Å². The van der Waals surface area contributed by atoms with E-state index in [4.69, 9.17) is 11.0 Å². The lowest BCUT2D eigenvalue weighted by Crippen LogP contribution is -2.18. The molecular weight excluding hydrogens is 158 g/mol. The molecule has 0 spiro atoms. The van der Waals surface area contributed by atoms with E-state index in [9.17, 15) is 4.79 Å². The van der Waals surface area contributed by atoms with Crippen LogP contribution in [0.15, 0.2) is 16.8 Å². The number of esters is 1. The molecule has 0 heterocycles. The lowest BCUT2D eigenvalue weighted by Gasteiger charge is -1.99. The van der Waals surface area contributed by atoms with Gasteiger partial charge in [-0.15, -0.1) is 0 Å². The van der Waals surface area contributed by atoms with Gasteiger partial charge in [-0.3, -0.25) is 4.99 Å². The first-order valence-electron chi connectivity index (χ1n) is 3.08. The number of ether oxygens (including phenoxy) is 1. The van der Waals surface area contributed by atoms with Gasteiger partial charge in [0.2, 0.25) is 0 Å². The van der Waals surface area contributed by atoms with Gasteiger partial charge < -0.3 is 10.5 Å². The second-order valence-corrected chi connectivity index (χ2v) is 1.76. The number of carbonyl (C=O) groups is 1. The fraction of sp³-hybridized carbons (Fsp3) is 0.286. The van der Waals surface area contributed by atoms with E-state index in [1.165, 1.54) is 14.2 Å². The number of aliphatic imine (C=N–C) groups is 1. The van der Waals surface area contributed by atoms with Gasteiger partial charge in [0, 0.05) is 13.2 Å². The summed E-state index contributed by atoms with van der Waals surface area (Å²) in [6.07, 6.45) is 1.01. The molecule has 0 saturated heterocycles. The molecule has 0 aliphatic heterocycles. The number of hydrogen-bond donors (Lipinski definition) is 1. The Morgan fingerprint density at radius 1 is 1.75 bits per heavy atom. The number of hydrogen-bond acceptors (Lipinski definition) is 5. The molecule has 0 amide bonds. The first kappa shape index (κ1) is 10.2. The first-order valence-corrected chi connectivity index (χ1v) is 3.08. The highest BCUT2D eigenvalue weighted by molar-refractivity contribution is 6.44. The summed E-state index contributed by atoms with van der Waals surface area (Å²) in [5.41, 5.74) is 5.02. The predicted molar refractivity (Wildman–Crippen MR) is 43.3 cm³/mol. The lowest BCUT2D eigenvalue weighted by atomic mass is 10.2. The Morgan fingerprint density at radius 3 is 2.58 bits per heavy atom. The van der Waals surface area contributed by atoms with Crippen LogP contribution in [0.4, 0.5) is 0 Å². The quantitative estimate of drug-likeness (QED) is 0.344. The van der Waals surface area contributed by atoms with Crippen molar-refractivity contribution in [2.45, 2.75) is 0 Å². The summed E-state index contributed by atoms with van der Waals surface area (Å²) in [7, 11) is 2.59. The van der Waals surface area contributed by atoms with Crippen LogP contribution in [0.3, 0.4) is 0 Å². The minimum Gasteiger partial charge on any atom is -0.464 e. The molecule has 0 aliphatic carbocycles. The number of carbonyl (C=O) groups excluding carboxylic acids is 1. The van der Waals surface area contributed by atoms with Crippen LogP contribution in [0.5, 0.6) is 0 Å². The number of nitrogens with zero attached hydrogens (tertiary/aromatic N) is 2. The maximum absolute atomic E-state index is 10.9. The molecule has 0 atom stereocenters. The number of nitrogens with two attached hydrogens (primary N) is 1. The summed E-state index contributed by atoms with van der Waals surface area (Å²) < 4.78 is 4.37. The molecule has 0 unspecified atom stereocenters. The number of rotatable bonds is 2. The minimum atomic E-state index is -0.671. The van der Waals surface area contributed by atoms with E-state index in [0.717, 1.165) is 6.20 Å². The van der Waals surface area contributed by atoms with Crippen molar-refractivity contribution in [2.24, 2.45) is 10.7 Å². The SMILES string of the molecule is CN=C(C(=O)OC)/C(C#N)=C\N. The van der Waals surface area contributed by atoms with E-state index in [1.807, 2.05) is 0 Å². The lowest BCUT2D eigenvalue weighted by molar-refractivity contribution is -0.132. The highest BCUT2D eigenvalue weighted by Gasteiger charge is 2.15. The van der Waals surface area contributed by atoms with Crippen LogP contribution < -0.4 is 5.73 Å². The molecule has 0 fully saturated rings. The first-order chi connectivity index (χ1) is 5.71. The van der Waals surface area contributed by atoms with E-state index >= 15 is 0 Å². The second-order valence-electron chi connectivity index (χ2n) is 1.76. The van der Waals surface area contributed by atoms with E-state index < -0.39 is 5.97 Å². The van der Waals surface area contributed by atoms with Crippen molar-refractivity contribution in [2.75, 3.05) is 14.2 Å². The molecule has 5 nitrogen and oxygen atoms in total. The van der Waals surface area contributed by atoms with E-state index in [2.05, 4.69) is 9.73 Å². The summed E-state index contributed by atoms with van der Waals surface area (Å²) >= 11 is 0. The Hall–Kier alpha value is -1.83. The molecule has 12 heavy (non-hydrogen) atoms. The highest BCUT2D eigenvalue weighted by atomic mass is 16.5. The van der Waals surface area contributed by atoms with Crippen LogP contribution in [0.25, 0.3) is 0 Å². The van der Waals surface area contributed by atoms with Crippen molar-refractivity contribution >= 4 is 11.7 Å². The Labute approximate surface area is 70.1 Å². The molecule has 5 heteroatoms. The summed E-state index contributed by atoms with van der Waals surface area (Å²) in [6, 6.07) is 1.72. The predicted octanol–water partition coefficient (Wildman–Crippen LogP) is -0.404. The molecule has 0 aliphatic rings. The van der Waals surface area contributed by atoms with Crippen molar-refractivity contribution in [3.63, 3.8) is 0 Å². The zero-order valence-electron chi connectivity index (χ0n) is 6.87. The van der Waals surface area contributed by atoms with Crippen molar-refractivity contribution in [1.29, 1.82) is 5.26 Å². The highest BCUT2D eigenvalue weighted by Crippen LogP contribution is 1.96. The van der Waals surface area contributed by atoms with Gasteiger partial charge in [-0.25, -0.2) is 4.79 Å². The average molecular weight is 167 g/mol. The summed E-state index contributed by atoms with van der Waals surface area (Å²) in [6.45, 7) is 0. The minimum absolute atomic E-state index is 0.00403. The third kappa shape index (κ3) is 2.09.